The van der Waals surface area contributed by atoms with E-state index in [1.807, 2.05) is 42.5 Å². The van der Waals surface area contributed by atoms with E-state index in [-0.39, 0.29) is 45.3 Å². The van der Waals surface area contributed by atoms with Gasteiger partial charge >= 0.3 is 0 Å². The number of benzene rings is 3. The Bertz CT molecular complexity index is 5210. The summed E-state index contributed by atoms with van der Waals surface area (Å²) in [5.41, 5.74) is 10.8. The topological polar surface area (TPSA) is 328 Å². The lowest BCUT2D eigenvalue weighted by Crippen LogP contribution is -2.36. The highest BCUT2D eigenvalue weighted by Crippen LogP contribution is 2.39. The first-order valence-electron chi connectivity index (χ1n) is 34.8. The van der Waals surface area contributed by atoms with Gasteiger partial charge in [-0.05, 0) is 96.1 Å². The summed E-state index contributed by atoms with van der Waals surface area (Å²) in [6.07, 6.45) is 14.1. The van der Waals surface area contributed by atoms with Crippen LogP contribution in [-0.4, -0.2) is 163 Å². The van der Waals surface area contributed by atoms with Gasteiger partial charge in [0, 0.05) is 116 Å². The predicted octanol–water partition coefficient (Wildman–Crippen LogP) is 13.3. The summed E-state index contributed by atoms with van der Waals surface area (Å²) >= 11 is 11.1. The number of morpholine rings is 2. The van der Waals surface area contributed by atoms with Crippen molar-refractivity contribution in [3.63, 3.8) is 0 Å². The number of fused-ring (bicyclic) bond motifs is 2. The molecule has 8 aromatic heterocycles. The number of halogens is 2. The second-order valence-corrected chi connectivity index (χ2v) is 27.8. The fraction of sp³-hybridized carbons (Fsp3) is 0.291. The van der Waals surface area contributed by atoms with Crippen LogP contribution in [0.1, 0.15) is 60.8 Å². The van der Waals surface area contributed by atoms with E-state index in [1.54, 1.807) is 79.4 Å². The van der Waals surface area contributed by atoms with E-state index in [0.29, 0.717) is 120 Å². The van der Waals surface area contributed by atoms with Crippen molar-refractivity contribution >= 4 is 66.7 Å². The SMILES string of the molecule is N#Cc1cc(-c2ccnc3[nH]c(-c4ccc(N5CCOCC5)cc4)cc23)ncc1OC1CCOCC1.N#Cc1cc(-c2ccnc3c2cc(-c2ccc(N4CCOCC4)cc2)n3S(=O)(=O)c2ccccc2)ncc1OC1CCOCC1.N#Cc1cc(Cl)ncc1O.N#Cc1cc(Cl)ncc1OC1CCOCC1. The second kappa shape index (κ2) is 35.2. The molecule has 2 N–H and O–H groups in total. The van der Waals surface area contributed by atoms with E-state index in [0.717, 1.165) is 123 Å². The minimum absolute atomic E-state index is 0.0412. The van der Waals surface area contributed by atoms with Crippen LogP contribution in [0.15, 0.2) is 169 Å². The summed E-state index contributed by atoms with van der Waals surface area (Å²) in [6, 6.07) is 47.0. The number of pyridine rings is 6. The van der Waals surface area contributed by atoms with Crippen LogP contribution in [0.25, 0.3) is 67.1 Å². The molecule has 5 aliphatic rings. The highest BCUT2D eigenvalue weighted by atomic mass is 35.5. The van der Waals surface area contributed by atoms with Gasteiger partial charge in [-0.1, -0.05) is 65.7 Å². The maximum atomic E-state index is 14.2. The number of aromatic amines is 1. The molecule has 0 amide bonds. The lowest BCUT2D eigenvalue weighted by molar-refractivity contribution is 0.0251. The van der Waals surface area contributed by atoms with Crippen molar-refractivity contribution in [3.05, 3.63) is 197 Å². The summed E-state index contributed by atoms with van der Waals surface area (Å²) < 4.78 is 74.6. The summed E-state index contributed by atoms with van der Waals surface area (Å²) in [5.74, 6) is 1.29. The van der Waals surface area contributed by atoms with Gasteiger partial charge in [0.2, 0.25) is 0 Å². The zero-order valence-electron chi connectivity index (χ0n) is 58.0. The first-order chi connectivity index (χ1) is 52.3. The van der Waals surface area contributed by atoms with E-state index < -0.39 is 10.0 Å². The van der Waals surface area contributed by atoms with E-state index in [9.17, 15) is 18.9 Å². The number of nitriles is 4. The third-order valence-electron chi connectivity index (χ3n) is 18.4. The maximum Gasteiger partial charge on any atom is 0.269 e. The average molecular weight is 1500 g/mol. The number of ether oxygens (including phenoxy) is 8. The minimum Gasteiger partial charge on any atom is -0.505 e. The minimum atomic E-state index is -4.04. The number of nitrogens with zero attached hydrogens (tertiary/aromatic N) is 13. The van der Waals surface area contributed by atoms with Crippen LogP contribution in [0.4, 0.5) is 11.4 Å². The van der Waals surface area contributed by atoms with Crippen LogP contribution in [0.2, 0.25) is 10.3 Å². The Morgan fingerprint density at radius 3 is 1.38 bits per heavy atom. The molecule has 0 atom stereocenters. The van der Waals surface area contributed by atoms with E-state index >= 15 is 0 Å². The van der Waals surface area contributed by atoms with Gasteiger partial charge in [0.1, 0.15) is 58.5 Å². The zero-order valence-corrected chi connectivity index (χ0v) is 60.3. The van der Waals surface area contributed by atoms with Crippen LogP contribution < -0.4 is 24.0 Å². The molecule has 5 fully saturated rings. The fourth-order valence-corrected chi connectivity index (χ4v) is 14.6. The van der Waals surface area contributed by atoms with Gasteiger partial charge in [0.25, 0.3) is 10.0 Å². The van der Waals surface area contributed by atoms with Gasteiger partial charge in [0.05, 0.1) is 135 Å². The average Bonchev–Trinajstić information content (AvgIpc) is 1.59. The summed E-state index contributed by atoms with van der Waals surface area (Å²) in [6.45, 7) is 10.3. The van der Waals surface area contributed by atoms with Crippen LogP contribution in [0.5, 0.6) is 23.0 Å². The zero-order chi connectivity index (χ0) is 74.1. The van der Waals surface area contributed by atoms with Gasteiger partial charge in [-0.25, -0.2) is 32.3 Å². The summed E-state index contributed by atoms with van der Waals surface area (Å²) in [7, 11) is -4.04. The molecule has 0 radical (unpaired) electrons. The van der Waals surface area contributed by atoms with Gasteiger partial charge in [-0.15, -0.1) is 0 Å². The molecule has 5 saturated heterocycles. The Hall–Kier alpha value is -11.3. The summed E-state index contributed by atoms with van der Waals surface area (Å²) in [5, 5.41) is 48.0. The van der Waals surface area contributed by atoms with E-state index in [2.05, 4.69) is 87.2 Å². The molecule has 11 aromatic rings. The Morgan fingerprint density at radius 2 is 0.897 bits per heavy atom. The predicted molar refractivity (Wildman–Crippen MR) is 401 cm³/mol. The number of nitrogens with one attached hydrogen (secondary N) is 1. The molecule has 0 bridgehead atoms. The first kappa shape index (κ1) is 74.0. The van der Waals surface area contributed by atoms with Gasteiger partial charge in [0.15, 0.2) is 28.6 Å². The lowest BCUT2D eigenvalue weighted by Gasteiger charge is -2.28. The van der Waals surface area contributed by atoms with Crippen LogP contribution in [0.3, 0.4) is 0 Å². The van der Waals surface area contributed by atoms with Crippen molar-refractivity contribution in [2.75, 3.05) is 102 Å². The smallest absolute Gasteiger partial charge is 0.269 e. The molecule has 544 valence electrons. The highest BCUT2D eigenvalue weighted by molar-refractivity contribution is 7.90. The maximum absolute atomic E-state index is 14.2. The highest BCUT2D eigenvalue weighted by Gasteiger charge is 2.29. The Balaban J connectivity index is 0.000000144. The molecule has 13 heterocycles. The Labute approximate surface area is 627 Å². The lowest BCUT2D eigenvalue weighted by atomic mass is 10.1. The van der Waals surface area contributed by atoms with Crippen LogP contribution in [0, 0.1) is 45.3 Å². The summed E-state index contributed by atoms with van der Waals surface area (Å²) in [4.78, 5) is 34.1. The van der Waals surface area contributed by atoms with Gasteiger partial charge in [-0.3, -0.25) is 9.97 Å². The molecular weight excluding hydrogens is 1420 g/mol. The van der Waals surface area contributed by atoms with Crippen molar-refractivity contribution in [3.8, 4) is 92.3 Å². The number of H-pyrrole nitrogens is 1. The number of hydrogen-bond donors (Lipinski definition) is 2. The van der Waals surface area contributed by atoms with Crippen molar-refractivity contribution < 1.29 is 51.4 Å². The monoisotopic (exact) mass is 1490 g/mol. The molecule has 0 aliphatic carbocycles. The van der Waals surface area contributed by atoms with Gasteiger partial charge in [-0.2, -0.15) is 21.0 Å². The van der Waals surface area contributed by atoms with Crippen molar-refractivity contribution in [2.45, 2.75) is 61.7 Å². The largest absolute Gasteiger partial charge is 0.505 e. The standard InChI is InChI=1S/C34H31N5O5S.C28H27N5O3.C11H11ClN2O2.C6H3ClN2O/c35-22-25-20-31(37-23-33(25)44-27-11-16-42-17-12-27)29-10-13-36-34-30(29)21-32(39(34)45(40,41)28-4-2-1-3-5-28)24-6-8-26(9-7-24)38-14-18-43-19-15-38;29-17-20-15-26(31-18-27(20)36-22-6-11-34-12-7-22)23-5-8-30-28-24(23)16-25(32-28)19-1-3-21(4-2-19)33-9-13-35-14-10-33;12-11-5-8(6-13)10(7-14-11)16-9-1-3-15-4-2-9;7-6-1-4(2-8)5(10)3-9-6/h1-10,13,20-21,23,27H,11-12,14-19H2;1-5,8,15-16,18,22H,6-7,9-14H2,(H,30,32);5,7,9H,1-4H2;1,3,10H. The molecular formula is C79H72Cl2N14O11S. The molecule has 0 saturated carbocycles. The Morgan fingerprint density at radius 1 is 0.467 bits per heavy atom. The normalized spacial score (nSPS) is 15.7. The van der Waals surface area contributed by atoms with Crippen LogP contribution in [-0.2, 0) is 33.7 Å². The third-order valence-corrected chi connectivity index (χ3v) is 20.5. The fourth-order valence-electron chi connectivity index (χ4n) is 12.8. The Kier molecular flexibility index (Phi) is 24.4. The molecule has 5 aliphatic heterocycles. The first-order valence-corrected chi connectivity index (χ1v) is 37.0. The van der Waals surface area contributed by atoms with Gasteiger partial charge < -0.3 is 57.8 Å². The number of hydrogen-bond acceptors (Lipinski definition) is 23. The number of aromatic hydroxyl groups is 1. The van der Waals surface area contributed by atoms with Crippen molar-refractivity contribution in [1.82, 2.24) is 38.9 Å². The van der Waals surface area contributed by atoms with Crippen molar-refractivity contribution in [1.29, 1.82) is 21.0 Å². The molecule has 107 heavy (non-hydrogen) atoms. The van der Waals surface area contributed by atoms with Crippen LogP contribution >= 0.6 is 23.2 Å². The van der Waals surface area contributed by atoms with E-state index in [1.165, 1.54) is 28.0 Å². The second-order valence-electron chi connectivity index (χ2n) is 25.2. The molecule has 25 nitrogen and oxygen atoms in total. The molecule has 16 rings (SSSR count). The third kappa shape index (κ3) is 18.0. The van der Waals surface area contributed by atoms with E-state index in [4.69, 9.17) is 76.7 Å². The molecule has 0 spiro atoms. The molecule has 3 aromatic carbocycles. The number of rotatable bonds is 14. The van der Waals surface area contributed by atoms with Crippen molar-refractivity contribution in [2.24, 2.45) is 0 Å². The quantitative estimate of drug-likeness (QED) is 0.0955. The number of aromatic nitrogens is 8. The molecule has 0 unspecified atom stereocenters. The number of anilines is 2. The molecule has 28 heteroatoms.